The summed E-state index contributed by atoms with van der Waals surface area (Å²) in [7, 11) is 3.30. The fourth-order valence-electron chi connectivity index (χ4n) is 1.40. The molecule has 0 aromatic carbocycles. The predicted octanol–water partition coefficient (Wildman–Crippen LogP) is 1.77. The van der Waals surface area contributed by atoms with Crippen LogP contribution in [-0.2, 0) is 14.4 Å². The number of hydroxylamine groups is 2. The van der Waals surface area contributed by atoms with E-state index in [9.17, 15) is 0 Å². The monoisotopic (exact) mass is 246 g/mol. The van der Waals surface area contributed by atoms with Gasteiger partial charge in [0.2, 0.25) is 0 Å². The highest BCUT2D eigenvalue weighted by Crippen LogP contribution is 2.04. The molecule has 0 radical (unpaired) electrons. The summed E-state index contributed by atoms with van der Waals surface area (Å²) in [4.78, 5) is 10.2. The third-order valence-corrected chi connectivity index (χ3v) is 2.24. The molecule has 0 rings (SSSR count). The summed E-state index contributed by atoms with van der Waals surface area (Å²) >= 11 is 0. The molecule has 17 heavy (non-hydrogen) atoms. The third-order valence-electron chi connectivity index (χ3n) is 2.24. The Bertz CT molecular complexity index is 200. The van der Waals surface area contributed by atoms with Crippen molar-refractivity contribution in [3.05, 3.63) is 12.3 Å². The summed E-state index contributed by atoms with van der Waals surface area (Å²) in [6.45, 7) is 8.69. The summed E-state index contributed by atoms with van der Waals surface area (Å²) in [6, 6.07) is 0.464. The number of methoxy groups -OCH3 is 1. The maximum Gasteiger partial charge on any atom is 0.118 e. The first-order valence-electron chi connectivity index (χ1n) is 5.97. The van der Waals surface area contributed by atoms with Crippen molar-refractivity contribution in [2.24, 2.45) is 0 Å². The predicted molar refractivity (Wildman–Crippen MR) is 68.2 cm³/mol. The summed E-state index contributed by atoms with van der Waals surface area (Å²) in [5.41, 5.74) is 5.79. The van der Waals surface area contributed by atoms with E-state index >= 15 is 0 Å². The lowest BCUT2D eigenvalue weighted by atomic mass is 10.2. The van der Waals surface area contributed by atoms with Crippen molar-refractivity contribution in [1.82, 2.24) is 11.0 Å². The van der Waals surface area contributed by atoms with Gasteiger partial charge in [-0.25, -0.2) is 0 Å². The van der Waals surface area contributed by atoms with E-state index in [1.54, 1.807) is 14.2 Å². The fraction of sp³-hybridized carbons (Fsp3) is 0.833. The van der Waals surface area contributed by atoms with Crippen LogP contribution in [0.25, 0.3) is 0 Å². The minimum absolute atomic E-state index is 0.179. The second-order valence-corrected chi connectivity index (χ2v) is 4.22. The van der Waals surface area contributed by atoms with Crippen molar-refractivity contribution in [2.75, 3.05) is 20.8 Å². The second-order valence-electron chi connectivity index (χ2n) is 4.22. The highest BCUT2D eigenvalue weighted by atomic mass is 16.7. The van der Waals surface area contributed by atoms with Gasteiger partial charge >= 0.3 is 0 Å². The molecule has 0 saturated carbocycles. The number of nitrogens with one attached hydrogen (secondary N) is 2. The number of ether oxygens (including phenoxy) is 1. The van der Waals surface area contributed by atoms with Gasteiger partial charge in [0.15, 0.2) is 0 Å². The molecule has 102 valence electrons. The van der Waals surface area contributed by atoms with Crippen molar-refractivity contribution in [1.29, 1.82) is 0 Å². The number of hydrogen-bond donors (Lipinski definition) is 2. The smallest absolute Gasteiger partial charge is 0.118 e. The van der Waals surface area contributed by atoms with E-state index in [0.29, 0.717) is 12.2 Å². The molecule has 0 aromatic rings. The normalized spacial score (nSPS) is 14.4. The molecule has 0 heterocycles. The molecule has 0 amide bonds. The van der Waals surface area contributed by atoms with Crippen LogP contribution in [-0.4, -0.2) is 32.9 Å². The minimum Gasteiger partial charge on any atom is -0.414 e. The molecule has 0 bridgehead atoms. The van der Waals surface area contributed by atoms with Crippen LogP contribution < -0.4 is 11.0 Å². The van der Waals surface area contributed by atoms with Crippen LogP contribution in [0.1, 0.15) is 33.1 Å². The molecule has 0 aromatic heterocycles. The summed E-state index contributed by atoms with van der Waals surface area (Å²) in [6.07, 6.45) is 2.72. The van der Waals surface area contributed by atoms with Crippen LogP contribution in [0, 0.1) is 0 Å². The van der Waals surface area contributed by atoms with E-state index < -0.39 is 0 Å². The van der Waals surface area contributed by atoms with Crippen molar-refractivity contribution in [3.63, 3.8) is 0 Å². The lowest BCUT2D eigenvalue weighted by molar-refractivity contribution is 0.0399. The average Bonchev–Trinajstić information content (AvgIpc) is 2.27. The van der Waals surface area contributed by atoms with Gasteiger partial charge in [-0.2, -0.15) is 11.0 Å². The van der Waals surface area contributed by atoms with Crippen LogP contribution in [0.15, 0.2) is 12.3 Å². The van der Waals surface area contributed by atoms with Gasteiger partial charge in [-0.1, -0.05) is 6.58 Å². The Morgan fingerprint density at radius 2 is 1.88 bits per heavy atom. The first-order chi connectivity index (χ1) is 8.10. The van der Waals surface area contributed by atoms with Crippen LogP contribution in [0.3, 0.4) is 0 Å². The Kier molecular flexibility index (Phi) is 10.1. The topological polar surface area (TPSA) is 51.8 Å². The van der Waals surface area contributed by atoms with E-state index in [0.717, 1.165) is 19.4 Å². The van der Waals surface area contributed by atoms with Crippen LogP contribution >= 0.6 is 0 Å². The molecule has 0 aliphatic rings. The lowest BCUT2D eigenvalue weighted by Crippen LogP contribution is -2.29. The molecule has 0 saturated heterocycles. The van der Waals surface area contributed by atoms with Gasteiger partial charge in [-0.3, -0.25) is 0 Å². The van der Waals surface area contributed by atoms with Crippen molar-refractivity contribution in [3.8, 4) is 0 Å². The van der Waals surface area contributed by atoms with Gasteiger partial charge in [-0.05, 0) is 26.7 Å². The van der Waals surface area contributed by atoms with Crippen molar-refractivity contribution >= 4 is 0 Å². The van der Waals surface area contributed by atoms with Gasteiger partial charge in [-0.15, -0.1) is 0 Å². The molecule has 0 aliphatic heterocycles. The first kappa shape index (κ1) is 16.4. The van der Waals surface area contributed by atoms with E-state index in [1.807, 2.05) is 6.92 Å². The van der Waals surface area contributed by atoms with E-state index in [1.165, 1.54) is 0 Å². The maximum absolute atomic E-state index is 5.37. The summed E-state index contributed by atoms with van der Waals surface area (Å²) in [5, 5.41) is 0. The quantitative estimate of drug-likeness (QED) is 0.330. The molecule has 0 fully saturated rings. The van der Waals surface area contributed by atoms with Gasteiger partial charge in [0.05, 0.1) is 7.11 Å². The minimum atomic E-state index is 0.179. The molecular weight excluding hydrogens is 220 g/mol. The lowest BCUT2D eigenvalue weighted by Gasteiger charge is -2.18. The van der Waals surface area contributed by atoms with E-state index in [-0.39, 0.29) is 12.1 Å². The Morgan fingerprint density at radius 1 is 1.18 bits per heavy atom. The SMILES string of the molecule is C=C(CC(C)NOC)ONC(C)CCCOC. The zero-order chi connectivity index (χ0) is 13.1. The number of rotatable bonds is 11. The Labute approximate surface area is 104 Å². The molecule has 2 N–H and O–H groups in total. The standard InChI is InChI=1S/C12H26N2O3/c1-10(7-6-8-15-4)14-17-12(3)9-11(2)13-16-5/h10-11,13-14H,3,6-9H2,1-2,4-5H3. The van der Waals surface area contributed by atoms with Crippen LogP contribution in [0.5, 0.6) is 0 Å². The van der Waals surface area contributed by atoms with E-state index in [2.05, 4.69) is 24.5 Å². The van der Waals surface area contributed by atoms with Gasteiger partial charge in [0.1, 0.15) is 5.76 Å². The average molecular weight is 246 g/mol. The largest absolute Gasteiger partial charge is 0.414 e. The van der Waals surface area contributed by atoms with Gasteiger partial charge < -0.3 is 14.4 Å². The molecule has 0 aliphatic carbocycles. The zero-order valence-corrected chi connectivity index (χ0v) is 11.4. The highest BCUT2D eigenvalue weighted by Gasteiger charge is 2.07. The van der Waals surface area contributed by atoms with Crippen LogP contribution in [0.2, 0.25) is 0 Å². The van der Waals surface area contributed by atoms with Crippen LogP contribution in [0.4, 0.5) is 0 Å². The molecule has 2 atom stereocenters. The van der Waals surface area contributed by atoms with Gasteiger partial charge in [0.25, 0.3) is 0 Å². The molecule has 5 heteroatoms. The molecular formula is C12H26N2O3. The Balaban J connectivity index is 3.54. The first-order valence-corrected chi connectivity index (χ1v) is 5.97. The number of hydrogen-bond acceptors (Lipinski definition) is 5. The van der Waals surface area contributed by atoms with Crippen molar-refractivity contribution in [2.45, 2.75) is 45.2 Å². The highest BCUT2D eigenvalue weighted by molar-refractivity contribution is 4.85. The third kappa shape index (κ3) is 10.3. The Hall–Kier alpha value is -0.620. The van der Waals surface area contributed by atoms with Crippen molar-refractivity contribution < 1.29 is 14.4 Å². The summed E-state index contributed by atoms with van der Waals surface area (Å²) in [5.74, 6) is 0.695. The maximum atomic E-state index is 5.37. The molecule has 2 unspecified atom stereocenters. The zero-order valence-electron chi connectivity index (χ0n) is 11.4. The fourth-order valence-corrected chi connectivity index (χ4v) is 1.40. The molecule has 5 nitrogen and oxygen atoms in total. The molecule has 0 spiro atoms. The second kappa shape index (κ2) is 10.5. The summed E-state index contributed by atoms with van der Waals surface area (Å²) < 4.78 is 4.99. The van der Waals surface area contributed by atoms with E-state index in [4.69, 9.17) is 14.4 Å². The Morgan fingerprint density at radius 3 is 2.47 bits per heavy atom. The van der Waals surface area contributed by atoms with Gasteiger partial charge in [0, 0.05) is 32.2 Å².